The Labute approximate surface area is 82.7 Å². The second-order valence-corrected chi connectivity index (χ2v) is 3.03. The number of nitrogens with zero attached hydrogens (tertiary/aromatic N) is 3. The minimum Gasteiger partial charge on any atom is -0.248 e. The summed E-state index contributed by atoms with van der Waals surface area (Å²) in [5, 5.41) is 7.90. The third kappa shape index (κ3) is 1.88. The van der Waals surface area contributed by atoms with Gasteiger partial charge in [0.05, 0.1) is 12.7 Å². The fraction of sp³-hybridized carbons (Fsp3) is 0.0909. The highest BCUT2D eigenvalue weighted by molar-refractivity contribution is 5.38. The summed E-state index contributed by atoms with van der Waals surface area (Å²) in [6.07, 6.45) is 3.56. The van der Waals surface area contributed by atoms with Crippen molar-refractivity contribution in [2.45, 2.75) is 6.54 Å². The molecule has 1 aromatic carbocycles. The van der Waals surface area contributed by atoms with Gasteiger partial charge in [-0.3, -0.25) is 0 Å². The van der Waals surface area contributed by atoms with Gasteiger partial charge in [0.15, 0.2) is 0 Å². The molecule has 0 radical (unpaired) electrons. The van der Waals surface area contributed by atoms with E-state index >= 15 is 0 Å². The molecule has 0 bridgehead atoms. The van der Waals surface area contributed by atoms with Crippen molar-refractivity contribution in [1.82, 2.24) is 15.0 Å². The number of aromatic nitrogens is 3. The summed E-state index contributed by atoms with van der Waals surface area (Å²) in [4.78, 5) is 0. The van der Waals surface area contributed by atoms with E-state index in [4.69, 9.17) is 0 Å². The lowest BCUT2D eigenvalue weighted by molar-refractivity contribution is 0.649. The van der Waals surface area contributed by atoms with E-state index in [9.17, 15) is 0 Å². The van der Waals surface area contributed by atoms with E-state index < -0.39 is 0 Å². The van der Waals surface area contributed by atoms with Gasteiger partial charge in [0.2, 0.25) is 0 Å². The van der Waals surface area contributed by atoms with Crippen molar-refractivity contribution >= 4 is 6.08 Å². The second kappa shape index (κ2) is 3.87. The Kier molecular flexibility index (Phi) is 2.40. The minimum absolute atomic E-state index is 0.752. The lowest BCUT2D eigenvalue weighted by atomic mass is 10.2. The van der Waals surface area contributed by atoms with Crippen LogP contribution in [-0.4, -0.2) is 15.0 Å². The molecule has 0 atom stereocenters. The molecule has 2 aromatic rings. The highest BCUT2D eigenvalue weighted by Gasteiger charge is 1.97. The lowest BCUT2D eigenvalue weighted by Gasteiger charge is -1.98. The first kappa shape index (κ1) is 8.69. The second-order valence-electron chi connectivity index (χ2n) is 3.03. The molecule has 2 rings (SSSR count). The zero-order chi connectivity index (χ0) is 9.80. The van der Waals surface area contributed by atoms with Crippen LogP contribution in [0.2, 0.25) is 0 Å². The zero-order valence-electron chi connectivity index (χ0n) is 7.80. The van der Waals surface area contributed by atoms with Crippen molar-refractivity contribution in [2.75, 3.05) is 0 Å². The first-order valence-electron chi connectivity index (χ1n) is 4.45. The Balaban J connectivity index is 2.15. The monoisotopic (exact) mass is 185 g/mol. The van der Waals surface area contributed by atoms with Crippen LogP contribution in [0.4, 0.5) is 0 Å². The molecule has 0 aliphatic rings. The van der Waals surface area contributed by atoms with Crippen molar-refractivity contribution in [1.29, 1.82) is 0 Å². The summed E-state index contributed by atoms with van der Waals surface area (Å²) >= 11 is 0. The molecule has 70 valence electrons. The molecule has 0 spiro atoms. The molecule has 0 saturated carbocycles. The average Bonchev–Trinajstić information content (AvgIpc) is 2.67. The smallest absolute Gasteiger partial charge is 0.105 e. The molecule has 1 heterocycles. The summed E-state index contributed by atoms with van der Waals surface area (Å²) in [6.45, 7) is 4.39. The van der Waals surface area contributed by atoms with Gasteiger partial charge < -0.3 is 0 Å². The van der Waals surface area contributed by atoms with Gasteiger partial charge >= 0.3 is 0 Å². The maximum absolute atomic E-state index is 3.98. The number of benzene rings is 1. The molecule has 0 aliphatic heterocycles. The van der Waals surface area contributed by atoms with Crippen LogP contribution in [0.25, 0.3) is 6.08 Å². The lowest BCUT2D eigenvalue weighted by Crippen LogP contribution is -1.99. The van der Waals surface area contributed by atoms with Crippen molar-refractivity contribution in [3.05, 3.63) is 54.4 Å². The van der Waals surface area contributed by atoms with Crippen LogP contribution >= 0.6 is 0 Å². The molecular weight excluding hydrogens is 174 g/mol. The molecule has 3 heteroatoms. The Morgan fingerprint density at radius 2 is 2.07 bits per heavy atom. The van der Waals surface area contributed by atoms with Crippen LogP contribution in [0.15, 0.2) is 43.1 Å². The maximum atomic E-state index is 3.98. The van der Waals surface area contributed by atoms with E-state index in [1.165, 1.54) is 5.56 Å². The highest BCUT2D eigenvalue weighted by Crippen LogP contribution is 2.02. The Morgan fingerprint density at radius 3 is 2.71 bits per heavy atom. The quantitative estimate of drug-likeness (QED) is 0.732. The summed E-state index contributed by atoms with van der Waals surface area (Å²) in [6, 6.07) is 10.2. The van der Waals surface area contributed by atoms with Gasteiger partial charge in [-0.1, -0.05) is 42.1 Å². The van der Waals surface area contributed by atoms with Crippen LogP contribution in [-0.2, 0) is 6.54 Å². The fourth-order valence-corrected chi connectivity index (χ4v) is 1.25. The Bertz CT molecular complexity index is 417. The first-order chi connectivity index (χ1) is 6.88. The van der Waals surface area contributed by atoms with Crippen molar-refractivity contribution in [3.63, 3.8) is 0 Å². The molecule has 0 N–H and O–H groups in total. The molecule has 0 saturated heterocycles. The van der Waals surface area contributed by atoms with Crippen LogP contribution in [0.5, 0.6) is 0 Å². The summed E-state index contributed by atoms with van der Waals surface area (Å²) in [5.74, 6) is 0. The summed E-state index contributed by atoms with van der Waals surface area (Å²) in [5.41, 5.74) is 2.02. The first-order valence-corrected chi connectivity index (χ1v) is 4.45. The fourth-order valence-electron chi connectivity index (χ4n) is 1.25. The van der Waals surface area contributed by atoms with E-state index in [0.717, 1.165) is 12.2 Å². The van der Waals surface area contributed by atoms with E-state index in [-0.39, 0.29) is 0 Å². The van der Waals surface area contributed by atoms with Gasteiger partial charge in [-0.25, -0.2) is 4.68 Å². The highest BCUT2D eigenvalue weighted by atomic mass is 15.4. The van der Waals surface area contributed by atoms with Gasteiger partial charge in [-0.05, 0) is 11.6 Å². The van der Waals surface area contributed by atoms with E-state index in [1.54, 1.807) is 10.8 Å². The minimum atomic E-state index is 0.752. The van der Waals surface area contributed by atoms with E-state index in [2.05, 4.69) is 29.0 Å². The Morgan fingerprint density at radius 1 is 1.29 bits per heavy atom. The normalized spacial score (nSPS) is 10.0. The molecule has 1 aromatic heterocycles. The maximum Gasteiger partial charge on any atom is 0.105 e. The van der Waals surface area contributed by atoms with Gasteiger partial charge in [0.25, 0.3) is 0 Å². The predicted molar refractivity (Wildman–Crippen MR) is 55.7 cm³/mol. The van der Waals surface area contributed by atoms with Crippen LogP contribution in [0.3, 0.4) is 0 Å². The predicted octanol–water partition coefficient (Wildman–Crippen LogP) is 1.97. The molecule has 14 heavy (non-hydrogen) atoms. The standard InChI is InChI=1S/C11H11N3/c1-2-11-9-14(13-12-11)8-10-6-4-3-5-7-10/h2-7,9H,1,8H2. The molecule has 0 fully saturated rings. The third-order valence-corrected chi connectivity index (χ3v) is 1.95. The largest absolute Gasteiger partial charge is 0.248 e. The SMILES string of the molecule is C=Cc1cn(Cc2ccccc2)nn1. The van der Waals surface area contributed by atoms with Gasteiger partial charge in [-0.2, -0.15) is 0 Å². The molecule has 3 nitrogen and oxygen atoms in total. The Hall–Kier alpha value is -1.90. The molecule has 0 unspecified atom stereocenters. The van der Waals surface area contributed by atoms with Gasteiger partial charge in [-0.15, -0.1) is 5.10 Å². The van der Waals surface area contributed by atoms with E-state index in [1.807, 2.05) is 24.4 Å². The van der Waals surface area contributed by atoms with Gasteiger partial charge in [0, 0.05) is 0 Å². The molecule has 0 amide bonds. The summed E-state index contributed by atoms with van der Waals surface area (Å²) < 4.78 is 1.80. The van der Waals surface area contributed by atoms with E-state index in [0.29, 0.717) is 0 Å². The molecule has 0 aliphatic carbocycles. The topological polar surface area (TPSA) is 30.7 Å². The number of rotatable bonds is 3. The number of hydrogen-bond acceptors (Lipinski definition) is 2. The van der Waals surface area contributed by atoms with Crippen LogP contribution in [0.1, 0.15) is 11.3 Å². The van der Waals surface area contributed by atoms with Crippen molar-refractivity contribution in [2.24, 2.45) is 0 Å². The van der Waals surface area contributed by atoms with Crippen LogP contribution in [0, 0.1) is 0 Å². The van der Waals surface area contributed by atoms with Crippen molar-refractivity contribution in [3.8, 4) is 0 Å². The van der Waals surface area contributed by atoms with Crippen LogP contribution < -0.4 is 0 Å². The molecular formula is C11H11N3. The average molecular weight is 185 g/mol. The third-order valence-electron chi connectivity index (χ3n) is 1.95. The summed E-state index contributed by atoms with van der Waals surface area (Å²) in [7, 11) is 0. The zero-order valence-corrected chi connectivity index (χ0v) is 7.80. The number of hydrogen-bond donors (Lipinski definition) is 0. The van der Waals surface area contributed by atoms with Gasteiger partial charge in [0.1, 0.15) is 5.69 Å². The van der Waals surface area contributed by atoms with Crippen molar-refractivity contribution < 1.29 is 0 Å².